The molecule has 1 aliphatic rings. The van der Waals surface area contributed by atoms with Gasteiger partial charge in [0.05, 0.1) is 38.1 Å². The van der Waals surface area contributed by atoms with Crippen molar-refractivity contribution in [3.05, 3.63) is 63.5 Å². The third-order valence-electron chi connectivity index (χ3n) is 5.75. The van der Waals surface area contributed by atoms with Gasteiger partial charge in [-0.25, -0.2) is 9.37 Å². The highest BCUT2D eigenvalue weighted by Gasteiger charge is 2.20. The molecule has 168 valence electrons. The number of H-pyrrole nitrogens is 1. The van der Waals surface area contributed by atoms with Crippen LogP contribution < -0.4 is 20.7 Å². The highest BCUT2D eigenvalue weighted by molar-refractivity contribution is 7.71. The minimum atomic E-state index is -0.324. The molecule has 0 radical (unpaired) electrons. The van der Waals surface area contributed by atoms with Gasteiger partial charge in [-0.05, 0) is 48.6 Å². The first-order valence-electron chi connectivity index (χ1n) is 10.7. The van der Waals surface area contributed by atoms with E-state index in [-0.39, 0.29) is 28.6 Å². The topological polar surface area (TPSA) is 87.5 Å². The fourth-order valence-corrected chi connectivity index (χ4v) is 4.22. The van der Waals surface area contributed by atoms with Crippen LogP contribution in [0.2, 0.25) is 0 Å². The van der Waals surface area contributed by atoms with Crippen LogP contribution in [0, 0.1) is 10.6 Å². The van der Waals surface area contributed by atoms with Gasteiger partial charge in [0.1, 0.15) is 18.0 Å². The zero-order chi connectivity index (χ0) is 22.5. The third-order valence-corrected chi connectivity index (χ3v) is 6.07. The van der Waals surface area contributed by atoms with Crippen molar-refractivity contribution >= 4 is 34.8 Å². The standard InChI is InChI=1S/C22H25FN6O2S/c23-16-4-6-17(7-5-16)28-13-11-27(12-14-28)10-2-9-24-19(30)15-29-21(31)18-3-1-8-25-20(18)26-22(29)32/h1,3-8H,2,9-15H2,(H,24,30)(H,25,26,32)/p+1. The lowest BCUT2D eigenvalue weighted by Crippen LogP contribution is -3.15. The Bertz CT molecular complexity index is 1200. The fourth-order valence-electron chi connectivity index (χ4n) is 3.98. The maximum atomic E-state index is 13.1. The molecule has 0 saturated carbocycles. The van der Waals surface area contributed by atoms with E-state index in [9.17, 15) is 14.0 Å². The summed E-state index contributed by atoms with van der Waals surface area (Å²) < 4.78 is 14.5. The number of nitrogens with one attached hydrogen (secondary N) is 3. The van der Waals surface area contributed by atoms with Crippen LogP contribution in [0.3, 0.4) is 0 Å². The average Bonchev–Trinajstić information content (AvgIpc) is 2.80. The Kier molecular flexibility index (Phi) is 6.91. The molecule has 2 aromatic heterocycles. The molecule has 0 aliphatic carbocycles. The van der Waals surface area contributed by atoms with Crippen LogP contribution in [-0.4, -0.2) is 59.7 Å². The van der Waals surface area contributed by atoms with E-state index < -0.39 is 0 Å². The molecule has 3 N–H and O–H groups in total. The first kappa shape index (κ1) is 22.1. The van der Waals surface area contributed by atoms with Gasteiger partial charge in [0.25, 0.3) is 5.56 Å². The number of anilines is 1. The van der Waals surface area contributed by atoms with Crippen molar-refractivity contribution in [2.75, 3.05) is 44.2 Å². The normalized spacial score (nSPS) is 14.6. The van der Waals surface area contributed by atoms with E-state index in [2.05, 4.69) is 20.2 Å². The van der Waals surface area contributed by atoms with E-state index >= 15 is 0 Å². The number of hydrogen-bond acceptors (Lipinski definition) is 5. The summed E-state index contributed by atoms with van der Waals surface area (Å²) in [5.74, 6) is -0.462. The first-order valence-corrected chi connectivity index (χ1v) is 11.1. The number of benzene rings is 1. The lowest BCUT2D eigenvalue weighted by atomic mass is 10.2. The van der Waals surface area contributed by atoms with Gasteiger partial charge in [0.15, 0.2) is 4.77 Å². The molecule has 1 amide bonds. The van der Waals surface area contributed by atoms with E-state index in [4.69, 9.17) is 12.2 Å². The van der Waals surface area contributed by atoms with Gasteiger partial charge in [-0.1, -0.05) is 0 Å². The Balaban J connectivity index is 1.21. The Hall–Kier alpha value is -3.11. The number of piperazine rings is 1. The summed E-state index contributed by atoms with van der Waals surface area (Å²) in [6.07, 6.45) is 2.43. The van der Waals surface area contributed by atoms with Crippen molar-refractivity contribution in [1.82, 2.24) is 19.9 Å². The summed E-state index contributed by atoms with van der Waals surface area (Å²) in [7, 11) is 0. The Morgan fingerprint density at radius 2 is 1.97 bits per heavy atom. The van der Waals surface area contributed by atoms with Crippen molar-refractivity contribution in [3.63, 3.8) is 0 Å². The van der Waals surface area contributed by atoms with E-state index in [0.29, 0.717) is 17.6 Å². The number of carbonyl (C=O) groups excluding carboxylic acids is 1. The van der Waals surface area contributed by atoms with Crippen molar-refractivity contribution in [2.45, 2.75) is 13.0 Å². The van der Waals surface area contributed by atoms with Crippen LogP contribution in [0.4, 0.5) is 10.1 Å². The number of aromatic amines is 1. The minimum absolute atomic E-state index is 0.123. The Labute approximate surface area is 189 Å². The number of rotatable bonds is 7. The molecule has 1 saturated heterocycles. The van der Waals surface area contributed by atoms with Crippen molar-refractivity contribution in [2.24, 2.45) is 0 Å². The largest absolute Gasteiger partial charge is 0.360 e. The van der Waals surface area contributed by atoms with E-state index in [0.717, 1.165) is 44.8 Å². The summed E-state index contributed by atoms with van der Waals surface area (Å²) in [6.45, 7) is 5.23. The molecule has 8 nitrogen and oxygen atoms in total. The quantitative estimate of drug-likeness (QED) is 0.355. The number of quaternary nitrogens is 1. The van der Waals surface area contributed by atoms with Crippen LogP contribution >= 0.6 is 12.2 Å². The molecular formula is C22H26FN6O2S+. The lowest BCUT2D eigenvalue weighted by molar-refractivity contribution is -0.900. The monoisotopic (exact) mass is 457 g/mol. The highest BCUT2D eigenvalue weighted by Crippen LogP contribution is 2.14. The Morgan fingerprint density at radius 1 is 1.22 bits per heavy atom. The SMILES string of the molecule is O=C(Cn1c(=S)[nH]c2ncccc2c1=O)NCCC[NH+]1CCN(c2ccc(F)cc2)CC1. The van der Waals surface area contributed by atoms with Gasteiger partial charge in [-0.15, -0.1) is 0 Å². The summed E-state index contributed by atoms with van der Waals surface area (Å²) in [5, 5.41) is 3.28. The van der Waals surface area contributed by atoms with Gasteiger partial charge in [-0.2, -0.15) is 0 Å². The second-order valence-corrected chi connectivity index (χ2v) is 8.27. The van der Waals surface area contributed by atoms with Gasteiger partial charge in [0, 0.05) is 24.8 Å². The van der Waals surface area contributed by atoms with Crippen LogP contribution in [0.5, 0.6) is 0 Å². The number of aromatic nitrogens is 3. The van der Waals surface area contributed by atoms with Gasteiger partial charge >= 0.3 is 0 Å². The molecule has 0 atom stereocenters. The third kappa shape index (κ3) is 5.20. The summed E-state index contributed by atoms with van der Waals surface area (Å²) in [5.41, 5.74) is 1.15. The maximum absolute atomic E-state index is 13.1. The number of pyridine rings is 1. The van der Waals surface area contributed by atoms with Gasteiger partial charge < -0.3 is 20.1 Å². The molecule has 3 heterocycles. The van der Waals surface area contributed by atoms with Crippen molar-refractivity contribution in [3.8, 4) is 0 Å². The van der Waals surface area contributed by atoms with E-state index in [1.54, 1.807) is 18.3 Å². The van der Waals surface area contributed by atoms with Crippen molar-refractivity contribution in [1.29, 1.82) is 0 Å². The summed E-state index contributed by atoms with van der Waals surface area (Å²) in [4.78, 5) is 35.7. The van der Waals surface area contributed by atoms with Gasteiger partial charge in [0.2, 0.25) is 5.91 Å². The summed E-state index contributed by atoms with van der Waals surface area (Å²) in [6, 6.07) is 9.95. The predicted octanol–water partition coefficient (Wildman–Crippen LogP) is 0.505. The van der Waals surface area contributed by atoms with E-state index in [1.165, 1.54) is 21.6 Å². The molecule has 1 aliphatic heterocycles. The molecule has 1 aromatic carbocycles. The summed E-state index contributed by atoms with van der Waals surface area (Å²) >= 11 is 5.22. The van der Waals surface area contributed by atoms with Gasteiger partial charge in [-0.3, -0.25) is 14.2 Å². The molecular weight excluding hydrogens is 431 g/mol. The fraction of sp³-hybridized carbons (Fsp3) is 0.364. The number of amides is 1. The number of fused-ring (bicyclic) bond motifs is 1. The molecule has 32 heavy (non-hydrogen) atoms. The molecule has 3 aromatic rings. The molecule has 0 spiro atoms. The van der Waals surface area contributed by atoms with E-state index in [1.807, 2.05) is 12.1 Å². The number of halogens is 1. The molecule has 0 unspecified atom stereocenters. The number of nitrogens with zero attached hydrogens (tertiary/aromatic N) is 3. The van der Waals surface area contributed by atoms with Crippen LogP contribution in [0.25, 0.3) is 11.0 Å². The number of carbonyl (C=O) groups is 1. The smallest absolute Gasteiger partial charge is 0.264 e. The average molecular weight is 458 g/mol. The second kappa shape index (κ2) is 10.0. The minimum Gasteiger partial charge on any atom is -0.360 e. The second-order valence-electron chi connectivity index (χ2n) is 7.89. The molecule has 1 fully saturated rings. The first-order chi connectivity index (χ1) is 15.5. The lowest BCUT2D eigenvalue weighted by Gasteiger charge is -2.33. The molecule has 4 rings (SSSR count). The predicted molar refractivity (Wildman–Crippen MR) is 123 cm³/mol. The molecule has 0 bridgehead atoms. The molecule has 10 heteroatoms. The number of hydrogen-bond donors (Lipinski definition) is 3. The zero-order valence-corrected chi connectivity index (χ0v) is 18.5. The van der Waals surface area contributed by atoms with Crippen LogP contribution in [0.15, 0.2) is 47.4 Å². The zero-order valence-electron chi connectivity index (χ0n) is 17.6. The van der Waals surface area contributed by atoms with Crippen molar-refractivity contribution < 1.29 is 14.1 Å². The van der Waals surface area contributed by atoms with Crippen LogP contribution in [0.1, 0.15) is 6.42 Å². The maximum Gasteiger partial charge on any atom is 0.264 e. The van der Waals surface area contributed by atoms with Crippen LogP contribution in [-0.2, 0) is 11.3 Å². The highest BCUT2D eigenvalue weighted by atomic mass is 32.1. The Morgan fingerprint density at radius 3 is 2.72 bits per heavy atom.